The fraction of sp³-hybridized carbons (Fsp3) is 0.273. The third-order valence-electron chi connectivity index (χ3n) is 2.94. The van der Waals surface area contributed by atoms with Crippen LogP contribution in [0.15, 0.2) is 28.7 Å². The zero-order chi connectivity index (χ0) is 9.71. The largest absolute Gasteiger partial charge is 0.343 e. The monoisotopic (exact) mass is 250 g/mol. The van der Waals surface area contributed by atoms with E-state index in [9.17, 15) is 0 Å². The fourth-order valence-electron chi connectivity index (χ4n) is 2.22. The van der Waals surface area contributed by atoms with Crippen LogP contribution in [0.5, 0.6) is 0 Å². The second kappa shape index (κ2) is 2.84. The Bertz CT molecular complexity index is 501. The van der Waals surface area contributed by atoms with Crippen LogP contribution in [0.1, 0.15) is 18.2 Å². The van der Waals surface area contributed by atoms with E-state index in [0.717, 1.165) is 17.4 Å². The Hall–Kier alpha value is -0.800. The second-order valence-corrected chi connectivity index (χ2v) is 4.73. The van der Waals surface area contributed by atoms with E-state index in [1.807, 2.05) is 0 Å². The number of hydrogen-bond acceptors (Lipinski definition) is 1. The van der Waals surface area contributed by atoms with Gasteiger partial charge in [-0.25, -0.2) is 0 Å². The summed E-state index contributed by atoms with van der Waals surface area (Å²) in [5, 5.41) is 1.29. The normalized spacial score (nSPS) is 20.3. The summed E-state index contributed by atoms with van der Waals surface area (Å²) >= 11 is 3.50. The molecule has 3 heteroatoms. The number of hydrogen-bond donors (Lipinski definition) is 1. The highest BCUT2D eigenvalue weighted by Gasteiger charge is 2.21. The van der Waals surface area contributed by atoms with Crippen molar-refractivity contribution in [1.29, 1.82) is 0 Å². The summed E-state index contributed by atoms with van der Waals surface area (Å²) in [6, 6.07) is 8.80. The number of halogens is 1. The molecule has 2 heterocycles. The van der Waals surface area contributed by atoms with Gasteiger partial charge in [-0.15, -0.1) is 0 Å². The Morgan fingerprint density at radius 2 is 2.21 bits per heavy atom. The van der Waals surface area contributed by atoms with Crippen LogP contribution >= 0.6 is 15.9 Å². The van der Waals surface area contributed by atoms with Crippen molar-refractivity contribution in [2.45, 2.75) is 19.0 Å². The summed E-state index contributed by atoms with van der Waals surface area (Å²) in [6.07, 6.45) is 1.07. The van der Waals surface area contributed by atoms with Gasteiger partial charge in [-0.05, 0) is 30.0 Å². The molecule has 0 saturated heterocycles. The van der Waals surface area contributed by atoms with Gasteiger partial charge in [0.25, 0.3) is 0 Å². The minimum atomic E-state index is 0.223. The molecule has 0 spiro atoms. The highest BCUT2D eigenvalue weighted by molar-refractivity contribution is 9.10. The number of aromatic nitrogens is 1. The summed E-state index contributed by atoms with van der Waals surface area (Å²) < 4.78 is 3.46. The minimum Gasteiger partial charge on any atom is -0.343 e. The van der Waals surface area contributed by atoms with Gasteiger partial charge in [0.1, 0.15) is 0 Å². The SMILES string of the molecule is NC1CCn2c1cc1ccc(Br)cc12. The minimum absolute atomic E-state index is 0.223. The second-order valence-electron chi connectivity index (χ2n) is 3.82. The van der Waals surface area contributed by atoms with Crippen LogP contribution in [0, 0.1) is 0 Å². The molecule has 1 aliphatic rings. The summed E-state index contributed by atoms with van der Waals surface area (Å²) in [4.78, 5) is 0. The molecule has 0 fully saturated rings. The maximum absolute atomic E-state index is 6.02. The highest BCUT2D eigenvalue weighted by Crippen LogP contribution is 2.32. The Labute approximate surface area is 90.8 Å². The van der Waals surface area contributed by atoms with Crippen LogP contribution in [0.2, 0.25) is 0 Å². The van der Waals surface area contributed by atoms with Crippen LogP contribution in [0.3, 0.4) is 0 Å². The average Bonchev–Trinajstić information content (AvgIpc) is 2.67. The summed E-state index contributed by atoms with van der Waals surface area (Å²) in [7, 11) is 0. The molecule has 0 amide bonds. The standard InChI is InChI=1S/C11H11BrN2/c12-8-2-1-7-5-11-9(13)3-4-14(11)10(7)6-8/h1-2,5-6,9H,3-4,13H2. The first-order valence-corrected chi connectivity index (χ1v) is 5.59. The fourth-order valence-corrected chi connectivity index (χ4v) is 2.57. The van der Waals surface area contributed by atoms with Gasteiger partial charge in [0.15, 0.2) is 0 Å². The summed E-state index contributed by atoms with van der Waals surface area (Å²) in [6.45, 7) is 1.05. The lowest BCUT2D eigenvalue weighted by Gasteiger charge is -2.00. The van der Waals surface area contributed by atoms with Crippen molar-refractivity contribution in [3.05, 3.63) is 34.4 Å². The van der Waals surface area contributed by atoms with E-state index in [2.05, 4.69) is 44.8 Å². The molecule has 1 aliphatic heterocycles. The first-order chi connectivity index (χ1) is 6.75. The molecule has 2 N–H and O–H groups in total. The molecule has 1 unspecified atom stereocenters. The third kappa shape index (κ3) is 1.06. The van der Waals surface area contributed by atoms with Gasteiger partial charge in [-0.1, -0.05) is 22.0 Å². The van der Waals surface area contributed by atoms with Crippen molar-refractivity contribution >= 4 is 26.8 Å². The van der Waals surface area contributed by atoms with Crippen molar-refractivity contribution in [3.8, 4) is 0 Å². The number of fused-ring (bicyclic) bond motifs is 3. The van der Waals surface area contributed by atoms with E-state index in [1.165, 1.54) is 16.6 Å². The topological polar surface area (TPSA) is 30.9 Å². The van der Waals surface area contributed by atoms with E-state index in [1.54, 1.807) is 0 Å². The van der Waals surface area contributed by atoms with Gasteiger partial charge in [-0.3, -0.25) is 0 Å². The molecular weight excluding hydrogens is 240 g/mol. The van der Waals surface area contributed by atoms with Crippen molar-refractivity contribution in [2.24, 2.45) is 5.73 Å². The Kier molecular flexibility index (Phi) is 1.73. The quantitative estimate of drug-likeness (QED) is 0.766. The molecule has 0 aliphatic carbocycles. The maximum atomic E-state index is 6.02. The molecule has 0 saturated carbocycles. The van der Waals surface area contributed by atoms with Crippen LogP contribution in [-0.2, 0) is 6.54 Å². The van der Waals surface area contributed by atoms with Crippen molar-refractivity contribution < 1.29 is 0 Å². The van der Waals surface area contributed by atoms with Gasteiger partial charge in [0.05, 0.1) is 0 Å². The predicted octanol–water partition coefficient (Wildman–Crippen LogP) is 2.81. The molecular formula is C11H11BrN2. The van der Waals surface area contributed by atoms with Gasteiger partial charge < -0.3 is 10.3 Å². The first kappa shape index (κ1) is 8.50. The third-order valence-corrected chi connectivity index (χ3v) is 3.44. The number of benzene rings is 1. The average molecular weight is 251 g/mol. The molecule has 1 atom stereocenters. The Balaban J connectivity index is 2.36. The van der Waals surface area contributed by atoms with Crippen LogP contribution in [-0.4, -0.2) is 4.57 Å². The molecule has 0 radical (unpaired) electrons. The van der Waals surface area contributed by atoms with Crippen molar-refractivity contribution in [3.63, 3.8) is 0 Å². The zero-order valence-electron chi connectivity index (χ0n) is 7.70. The molecule has 72 valence electrons. The molecule has 14 heavy (non-hydrogen) atoms. The van der Waals surface area contributed by atoms with Gasteiger partial charge in [0, 0.05) is 28.3 Å². The van der Waals surface area contributed by atoms with E-state index in [-0.39, 0.29) is 6.04 Å². The maximum Gasteiger partial charge on any atom is 0.0494 e. The Morgan fingerprint density at radius 1 is 1.36 bits per heavy atom. The molecule has 3 rings (SSSR count). The molecule has 2 nitrogen and oxygen atoms in total. The van der Waals surface area contributed by atoms with E-state index >= 15 is 0 Å². The van der Waals surface area contributed by atoms with Crippen molar-refractivity contribution in [2.75, 3.05) is 0 Å². The lowest BCUT2D eigenvalue weighted by molar-refractivity contribution is 0.691. The Morgan fingerprint density at radius 3 is 3.07 bits per heavy atom. The van der Waals surface area contributed by atoms with Crippen molar-refractivity contribution in [1.82, 2.24) is 4.57 Å². The number of nitrogens with two attached hydrogens (primary N) is 1. The number of aryl methyl sites for hydroxylation is 1. The van der Waals surface area contributed by atoms with Crippen LogP contribution in [0.25, 0.3) is 10.9 Å². The zero-order valence-corrected chi connectivity index (χ0v) is 9.29. The molecule has 1 aromatic heterocycles. The van der Waals surface area contributed by atoms with Crippen LogP contribution in [0.4, 0.5) is 0 Å². The van der Waals surface area contributed by atoms with Gasteiger partial charge in [-0.2, -0.15) is 0 Å². The van der Waals surface area contributed by atoms with Crippen LogP contribution < -0.4 is 5.73 Å². The molecule has 2 aromatic rings. The first-order valence-electron chi connectivity index (χ1n) is 4.80. The molecule has 0 bridgehead atoms. The van der Waals surface area contributed by atoms with E-state index in [4.69, 9.17) is 5.73 Å². The lowest BCUT2D eigenvalue weighted by atomic mass is 10.2. The molecule has 1 aromatic carbocycles. The van der Waals surface area contributed by atoms with Gasteiger partial charge >= 0.3 is 0 Å². The predicted molar refractivity (Wildman–Crippen MR) is 61.2 cm³/mol. The number of rotatable bonds is 0. The van der Waals surface area contributed by atoms with Gasteiger partial charge in [0.2, 0.25) is 0 Å². The van der Waals surface area contributed by atoms with E-state index < -0.39 is 0 Å². The summed E-state index contributed by atoms with van der Waals surface area (Å²) in [5.41, 5.74) is 8.59. The number of nitrogens with zero attached hydrogens (tertiary/aromatic N) is 1. The lowest BCUT2D eigenvalue weighted by Crippen LogP contribution is -2.04. The smallest absolute Gasteiger partial charge is 0.0494 e. The van der Waals surface area contributed by atoms with E-state index in [0.29, 0.717) is 0 Å². The highest BCUT2D eigenvalue weighted by atomic mass is 79.9. The summed E-state index contributed by atoms with van der Waals surface area (Å²) in [5.74, 6) is 0.